The molecule has 0 aliphatic carbocycles. The van der Waals surface area contributed by atoms with Gasteiger partial charge in [-0.1, -0.05) is 24.3 Å². The zero-order chi connectivity index (χ0) is 13.7. The fourth-order valence-corrected chi connectivity index (χ4v) is 2.10. The number of benzene rings is 1. The Morgan fingerprint density at radius 2 is 2.16 bits per heavy atom. The fraction of sp³-hybridized carbons (Fsp3) is 0.333. The number of hydrogen-bond acceptors (Lipinski definition) is 4. The Bertz CT molecular complexity index is 564. The summed E-state index contributed by atoms with van der Waals surface area (Å²) in [4.78, 5) is 16.2. The fourth-order valence-electron chi connectivity index (χ4n) is 2.10. The monoisotopic (exact) mass is 258 g/mol. The molecule has 1 aromatic heterocycles. The summed E-state index contributed by atoms with van der Waals surface area (Å²) in [6.45, 7) is 2.20. The highest BCUT2D eigenvalue weighted by Crippen LogP contribution is 2.17. The second-order valence-corrected chi connectivity index (χ2v) is 4.29. The molecule has 4 nitrogen and oxygen atoms in total. The Labute approximate surface area is 112 Å². The minimum atomic E-state index is -0.340. The van der Waals surface area contributed by atoms with Gasteiger partial charge in [-0.25, -0.2) is 0 Å². The molecule has 100 valence electrons. The number of pyridine rings is 1. The van der Waals surface area contributed by atoms with E-state index in [2.05, 4.69) is 10.3 Å². The van der Waals surface area contributed by atoms with Crippen molar-refractivity contribution < 1.29 is 9.53 Å². The first-order valence-corrected chi connectivity index (χ1v) is 6.42. The van der Waals surface area contributed by atoms with Gasteiger partial charge in [0.05, 0.1) is 12.1 Å². The standard InChI is InChI=1S/C15H18N2O2/c1-3-19-15(18)13(16-2)10-12-7-4-6-11-8-5-9-17-14(11)12/h4-9,13,16H,3,10H2,1-2H3. The first kappa shape index (κ1) is 13.5. The van der Waals surface area contributed by atoms with Gasteiger partial charge >= 0.3 is 5.97 Å². The summed E-state index contributed by atoms with van der Waals surface area (Å²) in [5.74, 6) is -0.224. The van der Waals surface area contributed by atoms with Crippen LogP contribution in [0.4, 0.5) is 0 Å². The summed E-state index contributed by atoms with van der Waals surface area (Å²) in [6, 6.07) is 9.59. The number of para-hydroxylation sites is 1. The first-order valence-electron chi connectivity index (χ1n) is 6.42. The van der Waals surface area contributed by atoms with Crippen LogP contribution in [0.2, 0.25) is 0 Å². The lowest BCUT2D eigenvalue weighted by atomic mass is 10.0. The zero-order valence-corrected chi connectivity index (χ0v) is 11.2. The number of esters is 1. The SMILES string of the molecule is CCOC(=O)C(Cc1cccc2cccnc12)NC. The van der Waals surface area contributed by atoms with Crippen molar-refractivity contribution in [2.45, 2.75) is 19.4 Å². The molecule has 0 aliphatic heterocycles. The van der Waals surface area contributed by atoms with Gasteiger partial charge in [-0.3, -0.25) is 9.78 Å². The van der Waals surface area contributed by atoms with E-state index < -0.39 is 0 Å². The van der Waals surface area contributed by atoms with E-state index in [1.54, 1.807) is 13.2 Å². The average Bonchev–Trinajstić information content (AvgIpc) is 2.45. The van der Waals surface area contributed by atoms with E-state index in [0.29, 0.717) is 13.0 Å². The molecule has 0 spiro atoms. The highest BCUT2D eigenvalue weighted by molar-refractivity contribution is 5.83. The van der Waals surface area contributed by atoms with E-state index in [-0.39, 0.29) is 12.0 Å². The maximum absolute atomic E-state index is 11.8. The van der Waals surface area contributed by atoms with Crippen molar-refractivity contribution in [3.05, 3.63) is 42.1 Å². The molecule has 1 N–H and O–H groups in total. The van der Waals surface area contributed by atoms with Crippen LogP contribution in [0.25, 0.3) is 10.9 Å². The van der Waals surface area contributed by atoms with Crippen LogP contribution in [-0.4, -0.2) is 30.6 Å². The van der Waals surface area contributed by atoms with E-state index in [4.69, 9.17) is 4.74 Å². The smallest absolute Gasteiger partial charge is 0.323 e. The predicted octanol–water partition coefficient (Wildman–Crippen LogP) is 1.93. The largest absolute Gasteiger partial charge is 0.465 e. The highest BCUT2D eigenvalue weighted by Gasteiger charge is 2.19. The first-order chi connectivity index (χ1) is 9.26. The Balaban J connectivity index is 2.27. The molecule has 0 fully saturated rings. The number of carbonyl (C=O) groups is 1. The number of ether oxygens (including phenoxy) is 1. The van der Waals surface area contributed by atoms with Gasteiger partial charge in [0.25, 0.3) is 0 Å². The summed E-state index contributed by atoms with van der Waals surface area (Å²) >= 11 is 0. The van der Waals surface area contributed by atoms with Crippen LogP contribution in [0.1, 0.15) is 12.5 Å². The van der Waals surface area contributed by atoms with Crippen molar-refractivity contribution in [1.29, 1.82) is 0 Å². The van der Waals surface area contributed by atoms with Crippen molar-refractivity contribution in [2.75, 3.05) is 13.7 Å². The van der Waals surface area contributed by atoms with E-state index in [9.17, 15) is 4.79 Å². The van der Waals surface area contributed by atoms with Crippen LogP contribution in [-0.2, 0) is 16.0 Å². The molecule has 1 atom stereocenters. The van der Waals surface area contributed by atoms with E-state index in [0.717, 1.165) is 16.5 Å². The maximum atomic E-state index is 11.8. The number of hydrogen-bond donors (Lipinski definition) is 1. The third-order valence-corrected chi connectivity index (χ3v) is 3.06. The molecule has 2 aromatic rings. The van der Waals surface area contributed by atoms with Crippen LogP contribution < -0.4 is 5.32 Å². The topological polar surface area (TPSA) is 51.2 Å². The van der Waals surface area contributed by atoms with Gasteiger partial charge in [-0.05, 0) is 25.6 Å². The highest BCUT2D eigenvalue weighted by atomic mass is 16.5. The molecule has 1 heterocycles. The third-order valence-electron chi connectivity index (χ3n) is 3.06. The number of carbonyl (C=O) groups excluding carboxylic acids is 1. The van der Waals surface area contributed by atoms with Crippen molar-refractivity contribution in [2.24, 2.45) is 0 Å². The number of nitrogens with zero attached hydrogens (tertiary/aromatic N) is 1. The van der Waals surface area contributed by atoms with Gasteiger partial charge in [-0.2, -0.15) is 0 Å². The number of rotatable bonds is 5. The van der Waals surface area contributed by atoms with Crippen LogP contribution in [0.3, 0.4) is 0 Å². The predicted molar refractivity (Wildman–Crippen MR) is 74.9 cm³/mol. The lowest BCUT2D eigenvalue weighted by molar-refractivity contribution is -0.145. The Hall–Kier alpha value is -1.94. The van der Waals surface area contributed by atoms with Crippen LogP contribution in [0, 0.1) is 0 Å². The second kappa shape index (κ2) is 6.29. The molecule has 4 heteroatoms. The van der Waals surface area contributed by atoms with Crippen molar-refractivity contribution >= 4 is 16.9 Å². The molecule has 0 radical (unpaired) electrons. The van der Waals surface area contributed by atoms with Crippen molar-refractivity contribution in [3.8, 4) is 0 Å². The van der Waals surface area contributed by atoms with Gasteiger partial charge in [0.2, 0.25) is 0 Å². The molecule has 0 saturated carbocycles. The Morgan fingerprint density at radius 1 is 1.37 bits per heavy atom. The van der Waals surface area contributed by atoms with Crippen LogP contribution in [0.5, 0.6) is 0 Å². The van der Waals surface area contributed by atoms with Gasteiger partial charge in [0.15, 0.2) is 0 Å². The number of likely N-dealkylation sites (N-methyl/N-ethyl adjacent to an activating group) is 1. The Morgan fingerprint density at radius 3 is 2.89 bits per heavy atom. The molecular formula is C15H18N2O2. The number of nitrogens with one attached hydrogen (secondary N) is 1. The van der Waals surface area contributed by atoms with Gasteiger partial charge < -0.3 is 10.1 Å². The molecule has 0 aliphatic rings. The van der Waals surface area contributed by atoms with Crippen molar-refractivity contribution in [1.82, 2.24) is 10.3 Å². The zero-order valence-electron chi connectivity index (χ0n) is 11.2. The second-order valence-electron chi connectivity index (χ2n) is 4.29. The normalized spacial score (nSPS) is 12.3. The van der Waals surface area contributed by atoms with E-state index in [1.807, 2.05) is 37.3 Å². The molecular weight excluding hydrogens is 240 g/mol. The summed E-state index contributed by atoms with van der Waals surface area (Å²) in [5.41, 5.74) is 1.99. The third kappa shape index (κ3) is 3.09. The summed E-state index contributed by atoms with van der Waals surface area (Å²) in [5, 5.41) is 4.08. The molecule has 1 aromatic carbocycles. The van der Waals surface area contributed by atoms with E-state index in [1.165, 1.54) is 0 Å². The minimum Gasteiger partial charge on any atom is -0.465 e. The lowest BCUT2D eigenvalue weighted by Gasteiger charge is -2.15. The molecule has 19 heavy (non-hydrogen) atoms. The summed E-state index contributed by atoms with van der Waals surface area (Å²) in [6.07, 6.45) is 2.34. The van der Waals surface area contributed by atoms with Gasteiger partial charge in [0.1, 0.15) is 6.04 Å². The maximum Gasteiger partial charge on any atom is 0.323 e. The summed E-state index contributed by atoms with van der Waals surface area (Å²) < 4.78 is 5.06. The number of aromatic nitrogens is 1. The Kier molecular flexibility index (Phi) is 4.47. The quantitative estimate of drug-likeness (QED) is 0.833. The van der Waals surface area contributed by atoms with Gasteiger partial charge in [0, 0.05) is 18.0 Å². The van der Waals surface area contributed by atoms with Crippen LogP contribution >= 0.6 is 0 Å². The molecule has 0 bridgehead atoms. The number of fused-ring (bicyclic) bond motifs is 1. The minimum absolute atomic E-state index is 0.224. The molecule has 0 saturated heterocycles. The summed E-state index contributed by atoms with van der Waals surface area (Å²) in [7, 11) is 1.76. The molecule has 0 amide bonds. The molecule has 2 rings (SSSR count). The van der Waals surface area contributed by atoms with E-state index >= 15 is 0 Å². The van der Waals surface area contributed by atoms with Crippen LogP contribution in [0.15, 0.2) is 36.5 Å². The lowest BCUT2D eigenvalue weighted by Crippen LogP contribution is -2.37. The van der Waals surface area contributed by atoms with Crippen molar-refractivity contribution in [3.63, 3.8) is 0 Å². The molecule has 1 unspecified atom stereocenters. The van der Waals surface area contributed by atoms with Gasteiger partial charge in [-0.15, -0.1) is 0 Å². The average molecular weight is 258 g/mol.